The molecule has 0 bridgehead atoms. The summed E-state index contributed by atoms with van der Waals surface area (Å²) >= 11 is 12.0. The molecule has 1 amide bonds. The van der Waals surface area contributed by atoms with Gasteiger partial charge in [-0.25, -0.2) is 4.98 Å². The number of anilines is 1. The molecule has 0 spiro atoms. The summed E-state index contributed by atoms with van der Waals surface area (Å²) in [5.74, 6) is 0.208. The van der Waals surface area contributed by atoms with Crippen LogP contribution in [0.2, 0.25) is 0 Å². The predicted molar refractivity (Wildman–Crippen MR) is 143 cm³/mol. The number of nitrogens with zero attached hydrogens (tertiary/aromatic N) is 1. The van der Waals surface area contributed by atoms with Crippen molar-refractivity contribution in [3.05, 3.63) is 68.6 Å². The van der Waals surface area contributed by atoms with Crippen LogP contribution in [0, 0.1) is 0 Å². The average Bonchev–Trinajstić information content (AvgIpc) is 3.21. The van der Waals surface area contributed by atoms with Crippen molar-refractivity contribution >= 4 is 71.9 Å². The second-order valence-electron chi connectivity index (χ2n) is 7.28. The van der Waals surface area contributed by atoms with Crippen LogP contribution in [0.25, 0.3) is 22.6 Å². The van der Waals surface area contributed by atoms with Gasteiger partial charge in [-0.1, -0.05) is 28.9 Å². The number of phenols is 1. The molecule has 0 aliphatic carbocycles. The second-order valence-corrected chi connectivity index (χ2v) is 9.46. The van der Waals surface area contributed by atoms with Gasteiger partial charge in [-0.3, -0.25) is 10.1 Å². The third kappa shape index (κ3) is 5.08. The number of carbonyl (C=O) groups is 1. The third-order valence-corrected chi connectivity index (χ3v) is 6.28. The SMILES string of the molecule is CCc1ccc2oc(-c3ccc(NC(=S)NC(=O)c4cc(Br)cc(Br)c4OC)cc3O)nc2c1. The van der Waals surface area contributed by atoms with E-state index >= 15 is 0 Å². The van der Waals surface area contributed by atoms with Gasteiger partial charge in [0, 0.05) is 16.2 Å². The van der Waals surface area contributed by atoms with Crippen LogP contribution in [-0.4, -0.2) is 28.2 Å². The van der Waals surface area contributed by atoms with Gasteiger partial charge < -0.3 is 19.6 Å². The van der Waals surface area contributed by atoms with Gasteiger partial charge in [-0.2, -0.15) is 0 Å². The summed E-state index contributed by atoms with van der Waals surface area (Å²) in [6, 6.07) is 14.1. The predicted octanol–water partition coefficient (Wildman–Crippen LogP) is 6.42. The molecule has 174 valence electrons. The highest BCUT2D eigenvalue weighted by Crippen LogP contribution is 2.34. The van der Waals surface area contributed by atoms with E-state index in [0.29, 0.717) is 43.0 Å². The molecular weight excluding hydrogens is 586 g/mol. The molecule has 0 aliphatic heterocycles. The zero-order chi connectivity index (χ0) is 24.4. The summed E-state index contributed by atoms with van der Waals surface area (Å²) in [6.07, 6.45) is 0.895. The number of aryl methyl sites for hydroxylation is 1. The van der Waals surface area contributed by atoms with E-state index in [4.69, 9.17) is 21.4 Å². The number of amides is 1. The van der Waals surface area contributed by atoms with Gasteiger partial charge in [0.25, 0.3) is 5.91 Å². The summed E-state index contributed by atoms with van der Waals surface area (Å²) < 4.78 is 12.4. The van der Waals surface area contributed by atoms with Crippen molar-refractivity contribution in [2.45, 2.75) is 13.3 Å². The summed E-state index contributed by atoms with van der Waals surface area (Å²) in [6.45, 7) is 2.07. The largest absolute Gasteiger partial charge is 0.507 e. The van der Waals surface area contributed by atoms with Crippen LogP contribution < -0.4 is 15.4 Å². The molecule has 0 fully saturated rings. The smallest absolute Gasteiger partial charge is 0.261 e. The van der Waals surface area contributed by atoms with Crippen molar-refractivity contribution in [1.29, 1.82) is 0 Å². The van der Waals surface area contributed by atoms with Crippen LogP contribution in [0.5, 0.6) is 11.5 Å². The normalized spacial score (nSPS) is 10.8. The van der Waals surface area contributed by atoms with E-state index in [1.54, 1.807) is 24.3 Å². The number of oxazole rings is 1. The minimum Gasteiger partial charge on any atom is -0.507 e. The van der Waals surface area contributed by atoms with Crippen molar-refractivity contribution in [2.24, 2.45) is 0 Å². The quantitative estimate of drug-likeness (QED) is 0.226. The highest BCUT2D eigenvalue weighted by Gasteiger charge is 2.18. The zero-order valence-corrected chi connectivity index (χ0v) is 22.1. The molecule has 4 aromatic rings. The Morgan fingerprint density at radius 2 is 1.97 bits per heavy atom. The molecule has 3 aromatic carbocycles. The number of aromatic nitrogens is 1. The molecule has 34 heavy (non-hydrogen) atoms. The van der Waals surface area contributed by atoms with Gasteiger partial charge in [0.05, 0.1) is 22.7 Å². The van der Waals surface area contributed by atoms with Crippen LogP contribution in [0.15, 0.2) is 61.9 Å². The first-order valence-corrected chi connectivity index (χ1v) is 12.2. The van der Waals surface area contributed by atoms with Crippen LogP contribution in [0.4, 0.5) is 5.69 Å². The lowest BCUT2D eigenvalue weighted by Crippen LogP contribution is -2.34. The zero-order valence-electron chi connectivity index (χ0n) is 18.1. The Morgan fingerprint density at radius 1 is 1.18 bits per heavy atom. The monoisotopic (exact) mass is 603 g/mol. The van der Waals surface area contributed by atoms with Crippen molar-refractivity contribution in [3.63, 3.8) is 0 Å². The molecule has 10 heteroatoms. The van der Waals surface area contributed by atoms with Gasteiger partial charge >= 0.3 is 0 Å². The van der Waals surface area contributed by atoms with Crippen molar-refractivity contribution in [3.8, 4) is 23.0 Å². The standard InChI is InChI=1S/C24H19Br2N3O4S/c1-3-12-4-7-20-18(8-12)28-23(33-20)15-6-5-14(11-19(15)30)27-24(34)29-22(31)16-9-13(25)10-17(26)21(16)32-2/h4-11,30H,3H2,1-2H3,(H2,27,29,31,34). The maximum atomic E-state index is 12.7. The Morgan fingerprint density at radius 3 is 2.68 bits per heavy atom. The Bertz CT molecular complexity index is 1420. The lowest BCUT2D eigenvalue weighted by molar-refractivity contribution is 0.0974. The molecule has 0 atom stereocenters. The number of methoxy groups -OCH3 is 1. The molecule has 1 aromatic heterocycles. The number of carbonyl (C=O) groups excluding carboxylic acids is 1. The van der Waals surface area contributed by atoms with Crippen molar-refractivity contribution in [1.82, 2.24) is 10.3 Å². The number of aromatic hydroxyl groups is 1. The summed E-state index contributed by atoms with van der Waals surface area (Å²) in [4.78, 5) is 17.2. The molecule has 3 N–H and O–H groups in total. The van der Waals surface area contributed by atoms with E-state index in [2.05, 4.69) is 54.4 Å². The number of fused-ring (bicyclic) bond motifs is 1. The number of hydrogen-bond donors (Lipinski definition) is 3. The van der Waals surface area contributed by atoms with Crippen LogP contribution in [0.3, 0.4) is 0 Å². The molecular formula is C24H19Br2N3O4S. The minimum absolute atomic E-state index is 0.0426. The molecule has 0 saturated carbocycles. The topological polar surface area (TPSA) is 96.6 Å². The van der Waals surface area contributed by atoms with Gasteiger partial charge in [0.15, 0.2) is 10.7 Å². The maximum absolute atomic E-state index is 12.7. The number of rotatable bonds is 5. The fourth-order valence-electron chi connectivity index (χ4n) is 3.37. The Hall–Kier alpha value is -2.95. The Labute approximate surface area is 217 Å². The molecule has 0 aliphatic rings. The average molecular weight is 605 g/mol. The number of hydrogen-bond acceptors (Lipinski definition) is 6. The highest BCUT2D eigenvalue weighted by atomic mass is 79.9. The molecule has 0 saturated heterocycles. The van der Waals surface area contributed by atoms with Crippen LogP contribution in [-0.2, 0) is 6.42 Å². The minimum atomic E-state index is -0.449. The lowest BCUT2D eigenvalue weighted by atomic mass is 10.1. The van der Waals surface area contributed by atoms with E-state index in [0.717, 1.165) is 17.5 Å². The van der Waals surface area contributed by atoms with E-state index < -0.39 is 5.91 Å². The number of halogens is 2. The fraction of sp³-hybridized carbons (Fsp3) is 0.125. The van der Waals surface area contributed by atoms with E-state index in [1.165, 1.54) is 13.2 Å². The van der Waals surface area contributed by atoms with Crippen LogP contribution >= 0.6 is 44.1 Å². The van der Waals surface area contributed by atoms with Crippen molar-refractivity contribution < 1.29 is 19.1 Å². The van der Waals surface area contributed by atoms with Crippen LogP contribution in [0.1, 0.15) is 22.8 Å². The molecule has 0 radical (unpaired) electrons. The van der Waals surface area contributed by atoms with Gasteiger partial charge in [0.1, 0.15) is 17.0 Å². The number of nitrogens with one attached hydrogen (secondary N) is 2. The molecule has 7 nitrogen and oxygen atoms in total. The van der Waals surface area contributed by atoms with Gasteiger partial charge in [-0.05, 0) is 76.5 Å². The number of thiocarbonyl (C=S) groups is 1. The Kier molecular flexibility index (Phi) is 7.20. The first-order chi connectivity index (χ1) is 16.3. The first kappa shape index (κ1) is 24.2. The van der Waals surface area contributed by atoms with Gasteiger partial charge in [-0.15, -0.1) is 0 Å². The highest BCUT2D eigenvalue weighted by molar-refractivity contribution is 9.11. The van der Waals surface area contributed by atoms with Crippen molar-refractivity contribution in [2.75, 3.05) is 12.4 Å². The van der Waals surface area contributed by atoms with E-state index in [-0.39, 0.29) is 10.9 Å². The molecule has 4 rings (SSSR count). The summed E-state index contributed by atoms with van der Waals surface area (Å²) in [5, 5.41) is 16.1. The number of phenolic OH excluding ortho intramolecular Hbond substituents is 1. The Balaban J connectivity index is 1.50. The van der Waals surface area contributed by atoms with E-state index in [1.807, 2.05) is 18.2 Å². The molecule has 1 heterocycles. The second kappa shape index (κ2) is 10.1. The first-order valence-electron chi connectivity index (χ1n) is 10.2. The third-order valence-electron chi connectivity index (χ3n) is 5.03. The lowest BCUT2D eigenvalue weighted by Gasteiger charge is -2.13. The number of benzene rings is 3. The number of ether oxygens (including phenoxy) is 1. The molecule has 0 unspecified atom stereocenters. The van der Waals surface area contributed by atoms with E-state index in [9.17, 15) is 9.90 Å². The summed E-state index contributed by atoms with van der Waals surface area (Å²) in [5.41, 5.74) is 3.76. The van der Waals surface area contributed by atoms with Gasteiger partial charge in [0.2, 0.25) is 5.89 Å². The maximum Gasteiger partial charge on any atom is 0.261 e. The summed E-state index contributed by atoms with van der Waals surface area (Å²) in [7, 11) is 1.48. The fourth-order valence-corrected chi connectivity index (χ4v) is 4.97.